The third-order valence-corrected chi connectivity index (χ3v) is 6.94. The quantitative estimate of drug-likeness (QED) is 0.207. The highest BCUT2D eigenvalue weighted by Gasteiger charge is 2.17. The minimum atomic E-state index is -0.526. The van der Waals surface area contributed by atoms with Crippen LogP contribution in [0.25, 0.3) is 33.9 Å². The van der Waals surface area contributed by atoms with Crippen molar-refractivity contribution in [1.29, 1.82) is 0 Å². The largest absolute Gasteiger partial charge is 0.451 e. The lowest BCUT2D eigenvalue weighted by Gasteiger charge is -2.10. The number of carbonyl (C=O) groups is 1. The second-order valence-corrected chi connectivity index (χ2v) is 9.64. The number of benzene rings is 3. The van der Waals surface area contributed by atoms with Crippen LogP contribution in [0.3, 0.4) is 0 Å². The number of thiocarbonyl (C=S) groups is 1. The van der Waals surface area contributed by atoms with E-state index in [1.165, 1.54) is 6.07 Å². The molecule has 0 spiro atoms. The fourth-order valence-corrected chi connectivity index (χ4v) is 4.50. The number of aromatic nitrogens is 1. The van der Waals surface area contributed by atoms with E-state index >= 15 is 0 Å². The molecule has 10 heteroatoms. The van der Waals surface area contributed by atoms with Crippen molar-refractivity contribution in [3.63, 3.8) is 0 Å². The van der Waals surface area contributed by atoms with Crippen LogP contribution in [0.5, 0.6) is 0 Å². The van der Waals surface area contributed by atoms with Crippen LogP contribution in [-0.4, -0.2) is 16.0 Å². The van der Waals surface area contributed by atoms with Crippen molar-refractivity contribution < 1.29 is 13.6 Å². The summed E-state index contributed by atoms with van der Waals surface area (Å²) in [4.78, 5) is 17.3. The lowest BCUT2D eigenvalue weighted by atomic mass is 10.1. The van der Waals surface area contributed by atoms with Gasteiger partial charge in [-0.1, -0.05) is 53.9 Å². The zero-order valence-electron chi connectivity index (χ0n) is 19.3. The van der Waals surface area contributed by atoms with E-state index in [1.807, 2.05) is 18.2 Å². The van der Waals surface area contributed by atoms with Gasteiger partial charge < -0.3 is 14.2 Å². The number of aryl methyl sites for hydroxylation is 1. The van der Waals surface area contributed by atoms with E-state index in [0.29, 0.717) is 49.1 Å². The summed E-state index contributed by atoms with van der Waals surface area (Å²) in [5.41, 5.74) is 4.34. The predicted octanol–water partition coefficient (Wildman–Crippen LogP) is 8.40. The number of anilines is 1. The van der Waals surface area contributed by atoms with Crippen LogP contribution in [0, 0.1) is 0 Å². The van der Waals surface area contributed by atoms with E-state index in [9.17, 15) is 4.79 Å². The van der Waals surface area contributed by atoms with Crippen LogP contribution in [0.1, 0.15) is 23.0 Å². The SMILES string of the molecule is CCc1ccc2oc(-c3cc(NC(=S)NC(=O)c4ccc(-c5cccc(Cl)c5Cl)o4)ccc3Cl)nc2c1. The third-order valence-electron chi connectivity index (χ3n) is 5.59. The zero-order valence-corrected chi connectivity index (χ0v) is 22.4. The van der Waals surface area contributed by atoms with Gasteiger partial charge in [-0.25, -0.2) is 4.98 Å². The number of furan rings is 1. The highest BCUT2D eigenvalue weighted by atomic mass is 35.5. The number of rotatable bonds is 5. The van der Waals surface area contributed by atoms with Crippen molar-refractivity contribution in [2.24, 2.45) is 0 Å². The predicted molar refractivity (Wildman–Crippen MR) is 152 cm³/mol. The second kappa shape index (κ2) is 10.6. The van der Waals surface area contributed by atoms with E-state index < -0.39 is 5.91 Å². The minimum absolute atomic E-state index is 0.0601. The molecule has 186 valence electrons. The maximum absolute atomic E-state index is 12.7. The summed E-state index contributed by atoms with van der Waals surface area (Å²) in [6, 6.07) is 19.4. The lowest BCUT2D eigenvalue weighted by Crippen LogP contribution is -2.33. The van der Waals surface area contributed by atoms with Gasteiger partial charge in [-0.3, -0.25) is 10.1 Å². The molecule has 0 bridgehead atoms. The molecule has 37 heavy (non-hydrogen) atoms. The highest BCUT2D eigenvalue weighted by Crippen LogP contribution is 2.35. The van der Waals surface area contributed by atoms with E-state index in [-0.39, 0.29) is 10.9 Å². The molecule has 0 aliphatic heterocycles. The first-order valence-corrected chi connectivity index (χ1v) is 12.7. The Bertz CT molecular complexity index is 1660. The average molecular weight is 571 g/mol. The van der Waals surface area contributed by atoms with E-state index in [4.69, 9.17) is 55.9 Å². The maximum atomic E-state index is 12.7. The molecule has 0 aliphatic carbocycles. The second-order valence-electron chi connectivity index (χ2n) is 8.04. The van der Waals surface area contributed by atoms with Crippen LogP contribution in [0.4, 0.5) is 5.69 Å². The molecular weight excluding hydrogens is 553 g/mol. The van der Waals surface area contributed by atoms with Crippen LogP contribution in [0.2, 0.25) is 15.1 Å². The molecule has 1 amide bonds. The average Bonchev–Trinajstić information content (AvgIpc) is 3.54. The number of nitrogens with zero attached hydrogens (tertiary/aromatic N) is 1. The van der Waals surface area contributed by atoms with Gasteiger partial charge in [0.25, 0.3) is 5.91 Å². The third kappa shape index (κ3) is 5.36. The topological polar surface area (TPSA) is 80.3 Å². The van der Waals surface area contributed by atoms with Crippen molar-refractivity contribution in [1.82, 2.24) is 10.3 Å². The van der Waals surface area contributed by atoms with Gasteiger partial charge >= 0.3 is 0 Å². The molecule has 5 rings (SSSR count). The number of hydrogen-bond donors (Lipinski definition) is 2. The molecule has 2 heterocycles. The molecule has 0 saturated heterocycles. The molecule has 6 nitrogen and oxygen atoms in total. The molecule has 0 radical (unpaired) electrons. The highest BCUT2D eigenvalue weighted by molar-refractivity contribution is 7.80. The fraction of sp³-hybridized carbons (Fsp3) is 0.0741. The summed E-state index contributed by atoms with van der Waals surface area (Å²) >= 11 is 24.1. The summed E-state index contributed by atoms with van der Waals surface area (Å²) in [5, 5.41) is 6.84. The minimum Gasteiger partial charge on any atom is -0.451 e. The summed E-state index contributed by atoms with van der Waals surface area (Å²) < 4.78 is 11.6. The normalized spacial score (nSPS) is 11.0. The molecule has 0 atom stereocenters. The van der Waals surface area contributed by atoms with E-state index in [2.05, 4.69) is 22.5 Å². The van der Waals surface area contributed by atoms with Gasteiger partial charge in [0.15, 0.2) is 16.5 Å². The van der Waals surface area contributed by atoms with Gasteiger partial charge in [-0.15, -0.1) is 0 Å². The maximum Gasteiger partial charge on any atom is 0.293 e. The summed E-state index contributed by atoms with van der Waals surface area (Å²) in [5.74, 6) is 0.324. The van der Waals surface area contributed by atoms with Crippen molar-refractivity contribution in [2.45, 2.75) is 13.3 Å². The first kappa shape index (κ1) is 25.3. The Labute approximate surface area is 232 Å². The Morgan fingerprint density at radius 2 is 1.78 bits per heavy atom. The summed E-state index contributed by atoms with van der Waals surface area (Å²) in [6.45, 7) is 2.08. The molecule has 5 aromatic rings. The van der Waals surface area contributed by atoms with Crippen molar-refractivity contribution in [3.05, 3.63) is 93.1 Å². The van der Waals surface area contributed by atoms with Crippen LogP contribution in [0.15, 0.2) is 75.6 Å². The first-order chi connectivity index (χ1) is 17.8. The summed E-state index contributed by atoms with van der Waals surface area (Å²) in [7, 11) is 0. The Hall–Kier alpha value is -3.36. The van der Waals surface area contributed by atoms with Crippen molar-refractivity contribution >= 4 is 74.8 Å². The molecular formula is C27H18Cl3N3O3S. The van der Waals surface area contributed by atoms with Gasteiger partial charge in [-0.2, -0.15) is 0 Å². The Kier molecular flexibility index (Phi) is 7.22. The molecule has 0 unspecified atom stereocenters. The van der Waals surface area contributed by atoms with Gasteiger partial charge in [0, 0.05) is 11.3 Å². The van der Waals surface area contributed by atoms with E-state index in [1.54, 1.807) is 42.5 Å². The number of halogens is 3. The van der Waals surface area contributed by atoms with Crippen LogP contribution < -0.4 is 10.6 Å². The van der Waals surface area contributed by atoms with Gasteiger partial charge in [0.05, 0.1) is 20.6 Å². The molecule has 2 N–H and O–H groups in total. The number of oxazole rings is 1. The number of fused-ring (bicyclic) bond motifs is 1. The van der Waals surface area contributed by atoms with Gasteiger partial charge in [0.2, 0.25) is 5.89 Å². The molecule has 3 aromatic carbocycles. The Morgan fingerprint density at radius 1 is 0.946 bits per heavy atom. The van der Waals surface area contributed by atoms with Gasteiger partial charge in [-0.05, 0) is 78.8 Å². The zero-order chi connectivity index (χ0) is 26.1. The van der Waals surface area contributed by atoms with Gasteiger partial charge in [0.1, 0.15) is 11.3 Å². The van der Waals surface area contributed by atoms with E-state index in [0.717, 1.165) is 17.5 Å². The summed E-state index contributed by atoms with van der Waals surface area (Å²) in [6.07, 6.45) is 0.898. The lowest BCUT2D eigenvalue weighted by molar-refractivity contribution is 0.0951. The monoisotopic (exact) mass is 569 g/mol. The number of hydrogen-bond acceptors (Lipinski definition) is 5. The first-order valence-electron chi connectivity index (χ1n) is 11.2. The molecule has 0 aliphatic rings. The Morgan fingerprint density at radius 3 is 2.59 bits per heavy atom. The fourth-order valence-electron chi connectivity index (χ4n) is 3.70. The molecule has 0 fully saturated rings. The number of amides is 1. The number of nitrogens with one attached hydrogen (secondary N) is 2. The van der Waals surface area contributed by atoms with Crippen molar-refractivity contribution in [3.8, 4) is 22.8 Å². The molecule has 0 saturated carbocycles. The molecule has 2 aromatic heterocycles. The standard InChI is InChI=1S/C27H18Cl3N3O3S/c1-2-14-6-9-22-20(12-14)32-26(36-22)17-13-15(7-8-18(17)28)31-27(37)33-25(34)23-11-10-21(35-23)16-4-3-5-19(29)24(16)30/h3-13H,2H2,1H3,(H2,31,33,34,37). The van der Waals surface area contributed by atoms with Crippen LogP contribution in [-0.2, 0) is 6.42 Å². The Balaban J connectivity index is 1.30. The van der Waals surface area contributed by atoms with Crippen molar-refractivity contribution in [2.75, 3.05) is 5.32 Å². The van der Waals surface area contributed by atoms with Crippen LogP contribution >= 0.6 is 47.0 Å². The number of carbonyl (C=O) groups excluding carboxylic acids is 1. The smallest absolute Gasteiger partial charge is 0.293 e.